The third kappa shape index (κ3) is 3.39. The minimum atomic E-state index is -0.149. The van der Waals surface area contributed by atoms with Gasteiger partial charge in [-0.05, 0) is 25.5 Å². The second kappa shape index (κ2) is 6.20. The van der Waals surface area contributed by atoms with Crippen molar-refractivity contribution in [1.82, 2.24) is 19.7 Å². The highest BCUT2D eigenvalue weighted by Gasteiger charge is 2.29. The SMILES string of the molecule is CC(=O)Nc1ccn(C2CCN(C(=O)c3cccc(C)n3)C2)n1. The average molecular weight is 313 g/mol. The van der Waals surface area contributed by atoms with E-state index in [1.165, 1.54) is 6.92 Å². The third-order valence-corrected chi connectivity index (χ3v) is 3.84. The Hall–Kier alpha value is -2.70. The lowest BCUT2D eigenvalue weighted by atomic mass is 10.3. The Bertz CT molecular complexity index is 740. The number of likely N-dealkylation sites (tertiary alicyclic amines) is 1. The lowest BCUT2D eigenvalue weighted by Gasteiger charge is -2.16. The van der Waals surface area contributed by atoms with E-state index in [1.807, 2.05) is 29.9 Å². The average Bonchev–Trinajstić information content (AvgIpc) is 3.14. The number of hydrogen-bond acceptors (Lipinski definition) is 4. The van der Waals surface area contributed by atoms with Crippen molar-refractivity contribution in [2.45, 2.75) is 26.3 Å². The molecule has 0 spiro atoms. The summed E-state index contributed by atoms with van der Waals surface area (Å²) in [5, 5.41) is 7.00. The normalized spacial score (nSPS) is 17.3. The van der Waals surface area contributed by atoms with Gasteiger partial charge in [0.25, 0.3) is 5.91 Å². The van der Waals surface area contributed by atoms with Crippen molar-refractivity contribution in [2.24, 2.45) is 0 Å². The van der Waals surface area contributed by atoms with Crippen LogP contribution in [-0.4, -0.2) is 44.6 Å². The number of hydrogen-bond donors (Lipinski definition) is 1. The first-order chi connectivity index (χ1) is 11.0. The summed E-state index contributed by atoms with van der Waals surface area (Å²) < 4.78 is 1.81. The first kappa shape index (κ1) is 15.2. The smallest absolute Gasteiger partial charge is 0.272 e. The van der Waals surface area contributed by atoms with Gasteiger partial charge in [-0.3, -0.25) is 14.3 Å². The summed E-state index contributed by atoms with van der Waals surface area (Å²) in [5.74, 6) is 0.331. The summed E-state index contributed by atoms with van der Waals surface area (Å²) in [6.07, 6.45) is 2.66. The number of aryl methyl sites for hydroxylation is 1. The fourth-order valence-corrected chi connectivity index (χ4v) is 2.75. The molecule has 1 saturated heterocycles. The lowest BCUT2D eigenvalue weighted by Crippen LogP contribution is -2.30. The fraction of sp³-hybridized carbons (Fsp3) is 0.375. The second-order valence-electron chi connectivity index (χ2n) is 5.72. The van der Waals surface area contributed by atoms with Gasteiger partial charge in [-0.1, -0.05) is 6.07 Å². The first-order valence-corrected chi connectivity index (χ1v) is 7.58. The molecule has 1 N–H and O–H groups in total. The zero-order valence-electron chi connectivity index (χ0n) is 13.2. The quantitative estimate of drug-likeness (QED) is 0.934. The number of nitrogens with one attached hydrogen (secondary N) is 1. The molecule has 120 valence electrons. The summed E-state index contributed by atoms with van der Waals surface area (Å²) in [6.45, 7) is 4.59. The number of carbonyl (C=O) groups excluding carboxylic acids is 2. The molecule has 3 heterocycles. The van der Waals surface area contributed by atoms with E-state index in [-0.39, 0.29) is 17.9 Å². The summed E-state index contributed by atoms with van der Waals surface area (Å²) in [5.41, 5.74) is 1.31. The predicted molar refractivity (Wildman–Crippen MR) is 85.1 cm³/mol. The van der Waals surface area contributed by atoms with Crippen molar-refractivity contribution in [3.63, 3.8) is 0 Å². The summed E-state index contributed by atoms with van der Waals surface area (Å²) in [7, 11) is 0. The molecule has 1 unspecified atom stereocenters. The molecule has 7 nitrogen and oxygen atoms in total. The molecule has 2 aromatic heterocycles. The molecule has 23 heavy (non-hydrogen) atoms. The van der Waals surface area contributed by atoms with Crippen LogP contribution in [0.2, 0.25) is 0 Å². The molecule has 0 bridgehead atoms. The lowest BCUT2D eigenvalue weighted by molar-refractivity contribution is -0.114. The minimum Gasteiger partial charge on any atom is -0.335 e. The summed E-state index contributed by atoms with van der Waals surface area (Å²) >= 11 is 0. The number of nitrogens with zero attached hydrogens (tertiary/aromatic N) is 4. The van der Waals surface area contributed by atoms with Gasteiger partial charge < -0.3 is 10.2 Å². The van der Waals surface area contributed by atoms with Crippen LogP contribution < -0.4 is 5.32 Å². The predicted octanol–water partition coefficient (Wildman–Crippen LogP) is 1.63. The highest BCUT2D eigenvalue weighted by Crippen LogP contribution is 2.23. The van der Waals surface area contributed by atoms with E-state index in [0.29, 0.717) is 24.6 Å². The Morgan fingerprint density at radius 2 is 2.13 bits per heavy atom. The van der Waals surface area contributed by atoms with Crippen LogP contribution in [0, 0.1) is 6.92 Å². The van der Waals surface area contributed by atoms with Gasteiger partial charge in [-0.25, -0.2) is 4.98 Å². The van der Waals surface area contributed by atoms with E-state index >= 15 is 0 Å². The Morgan fingerprint density at radius 3 is 2.87 bits per heavy atom. The largest absolute Gasteiger partial charge is 0.335 e. The molecule has 0 radical (unpaired) electrons. The molecule has 3 rings (SSSR count). The summed E-state index contributed by atoms with van der Waals surface area (Å²) in [4.78, 5) is 29.6. The van der Waals surface area contributed by atoms with Crippen LogP contribution in [0.25, 0.3) is 0 Å². The van der Waals surface area contributed by atoms with Crippen molar-refractivity contribution >= 4 is 17.6 Å². The van der Waals surface area contributed by atoms with Crippen molar-refractivity contribution in [3.8, 4) is 0 Å². The van der Waals surface area contributed by atoms with Crippen LogP contribution in [0.3, 0.4) is 0 Å². The zero-order valence-corrected chi connectivity index (χ0v) is 13.2. The van der Waals surface area contributed by atoms with Crippen molar-refractivity contribution in [1.29, 1.82) is 0 Å². The molecule has 0 saturated carbocycles. The molecule has 1 aliphatic heterocycles. The summed E-state index contributed by atoms with van der Waals surface area (Å²) in [6, 6.07) is 7.33. The molecule has 2 aromatic rings. The number of anilines is 1. The maximum absolute atomic E-state index is 12.5. The van der Waals surface area contributed by atoms with Crippen molar-refractivity contribution < 1.29 is 9.59 Å². The van der Waals surface area contributed by atoms with Gasteiger partial charge in [0.15, 0.2) is 5.82 Å². The van der Waals surface area contributed by atoms with Gasteiger partial charge in [0, 0.05) is 38.0 Å². The van der Waals surface area contributed by atoms with E-state index < -0.39 is 0 Å². The minimum absolute atomic E-state index is 0.0505. The van der Waals surface area contributed by atoms with Crippen molar-refractivity contribution in [2.75, 3.05) is 18.4 Å². The van der Waals surface area contributed by atoms with E-state index in [9.17, 15) is 9.59 Å². The van der Waals surface area contributed by atoms with Crippen LogP contribution in [0.15, 0.2) is 30.5 Å². The maximum atomic E-state index is 12.5. The molecule has 0 aromatic carbocycles. The van der Waals surface area contributed by atoms with E-state index in [2.05, 4.69) is 15.4 Å². The Kier molecular flexibility index (Phi) is 4.10. The second-order valence-corrected chi connectivity index (χ2v) is 5.72. The number of rotatable bonds is 3. The number of carbonyl (C=O) groups is 2. The molecule has 1 fully saturated rings. The molecule has 7 heteroatoms. The van der Waals surface area contributed by atoms with Crippen LogP contribution in [0.5, 0.6) is 0 Å². The number of amides is 2. The Labute approximate surface area is 134 Å². The first-order valence-electron chi connectivity index (χ1n) is 7.58. The highest BCUT2D eigenvalue weighted by molar-refractivity contribution is 5.92. The standard InChI is InChI=1S/C16H19N5O2/c1-11-4-3-5-14(17-11)16(23)20-8-6-13(10-20)21-9-7-15(19-21)18-12(2)22/h3-5,7,9,13H,6,8,10H2,1-2H3,(H,18,19,22). The van der Waals surface area contributed by atoms with Crippen LogP contribution >= 0.6 is 0 Å². The van der Waals surface area contributed by atoms with Gasteiger partial charge in [0.1, 0.15) is 5.69 Å². The van der Waals surface area contributed by atoms with Gasteiger partial charge in [0.05, 0.1) is 6.04 Å². The third-order valence-electron chi connectivity index (χ3n) is 3.84. The monoisotopic (exact) mass is 313 g/mol. The van der Waals surface area contributed by atoms with E-state index in [0.717, 1.165) is 12.1 Å². The molecule has 1 aliphatic rings. The van der Waals surface area contributed by atoms with Gasteiger partial charge in [0.2, 0.25) is 5.91 Å². The van der Waals surface area contributed by atoms with Gasteiger partial charge in [-0.2, -0.15) is 5.10 Å². The van der Waals surface area contributed by atoms with Crippen LogP contribution in [0.1, 0.15) is 35.6 Å². The van der Waals surface area contributed by atoms with Gasteiger partial charge >= 0.3 is 0 Å². The highest BCUT2D eigenvalue weighted by atomic mass is 16.2. The topological polar surface area (TPSA) is 80.1 Å². The zero-order chi connectivity index (χ0) is 16.4. The van der Waals surface area contributed by atoms with Crippen LogP contribution in [0.4, 0.5) is 5.82 Å². The molecular weight excluding hydrogens is 294 g/mol. The van der Waals surface area contributed by atoms with Crippen LogP contribution in [-0.2, 0) is 4.79 Å². The Balaban J connectivity index is 1.67. The Morgan fingerprint density at radius 1 is 1.30 bits per heavy atom. The van der Waals surface area contributed by atoms with E-state index in [1.54, 1.807) is 17.0 Å². The van der Waals surface area contributed by atoms with Crippen molar-refractivity contribution in [3.05, 3.63) is 41.9 Å². The molecule has 0 aliphatic carbocycles. The molecular formula is C16H19N5O2. The van der Waals surface area contributed by atoms with Gasteiger partial charge in [-0.15, -0.1) is 0 Å². The number of pyridine rings is 1. The molecule has 2 amide bonds. The number of aromatic nitrogens is 3. The fourth-order valence-electron chi connectivity index (χ4n) is 2.75. The maximum Gasteiger partial charge on any atom is 0.272 e. The molecule has 1 atom stereocenters. The van der Waals surface area contributed by atoms with E-state index in [4.69, 9.17) is 0 Å².